The first kappa shape index (κ1) is 17.1. The van der Waals surface area contributed by atoms with Crippen LogP contribution in [0.3, 0.4) is 0 Å². The van der Waals surface area contributed by atoms with Crippen molar-refractivity contribution in [3.8, 4) is 0 Å². The first-order valence-corrected chi connectivity index (χ1v) is 8.04. The van der Waals surface area contributed by atoms with Crippen LogP contribution < -0.4 is 10.5 Å². The maximum Gasteiger partial charge on any atom is 0.244 e. The number of sulfonamides is 1. The Hall–Kier alpha value is -0.960. The maximum absolute atomic E-state index is 12.4. The molecule has 1 heterocycles. The quantitative estimate of drug-likeness (QED) is 0.705. The van der Waals surface area contributed by atoms with E-state index in [9.17, 15) is 8.42 Å². The lowest BCUT2D eigenvalue weighted by Crippen LogP contribution is -2.30. The number of nitrogens with two attached hydrogens (primary N) is 1. The average Bonchev–Trinajstić information content (AvgIpc) is 2.64. The van der Waals surface area contributed by atoms with E-state index in [0.29, 0.717) is 37.6 Å². The van der Waals surface area contributed by atoms with E-state index in [0.717, 1.165) is 0 Å². The van der Waals surface area contributed by atoms with Crippen molar-refractivity contribution in [3.63, 3.8) is 0 Å². The minimum Gasteiger partial charge on any atom is -0.384 e. The molecule has 1 atom stereocenters. The van der Waals surface area contributed by atoms with Crippen molar-refractivity contribution >= 4 is 10.0 Å². The zero-order valence-electron chi connectivity index (χ0n) is 12.5. The van der Waals surface area contributed by atoms with Gasteiger partial charge in [-0.2, -0.15) is 5.10 Å². The summed E-state index contributed by atoms with van der Waals surface area (Å²) in [5, 5.41) is 4.22. The van der Waals surface area contributed by atoms with Crippen LogP contribution in [0.15, 0.2) is 4.90 Å². The van der Waals surface area contributed by atoms with Gasteiger partial charge in [-0.15, -0.1) is 0 Å². The van der Waals surface area contributed by atoms with Crippen molar-refractivity contribution in [2.24, 2.45) is 11.7 Å². The van der Waals surface area contributed by atoms with E-state index in [4.69, 9.17) is 10.5 Å². The van der Waals surface area contributed by atoms with Crippen LogP contribution in [0.1, 0.15) is 18.3 Å². The molecule has 0 aliphatic carbocycles. The third-order valence-corrected chi connectivity index (χ3v) is 4.67. The molecule has 0 aromatic carbocycles. The Balaban J connectivity index is 2.92. The van der Waals surface area contributed by atoms with Crippen molar-refractivity contribution in [3.05, 3.63) is 11.4 Å². The number of aromatic nitrogens is 2. The Morgan fingerprint density at radius 1 is 1.45 bits per heavy atom. The maximum atomic E-state index is 12.4. The van der Waals surface area contributed by atoms with E-state index in [1.165, 1.54) is 0 Å². The van der Waals surface area contributed by atoms with E-state index in [1.54, 1.807) is 25.6 Å². The van der Waals surface area contributed by atoms with E-state index in [1.807, 2.05) is 6.92 Å². The first-order chi connectivity index (χ1) is 9.33. The molecule has 0 saturated carbocycles. The Morgan fingerprint density at radius 3 is 2.65 bits per heavy atom. The van der Waals surface area contributed by atoms with Crippen molar-refractivity contribution in [2.75, 3.05) is 26.8 Å². The smallest absolute Gasteiger partial charge is 0.244 e. The molecule has 1 unspecified atom stereocenters. The lowest BCUT2D eigenvalue weighted by molar-refractivity contribution is 0.161. The molecule has 0 aliphatic rings. The number of nitrogens with zero attached hydrogens (tertiary/aromatic N) is 2. The highest BCUT2D eigenvalue weighted by molar-refractivity contribution is 7.89. The van der Waals surface area contributed by atoms with Crippen LogP contribution in [-0.2, 0) is 21.3 Å². The van der Waals surface area contributed by atoms with Gasteiger partial charge in [0.05, 0.1) is 17.9 Å². The summed E-state index contributed by atoms with van der Waals surface area (Å²) in [6.07, 6.45) is 0. The molecule has 0 aliphatic heterocycles. The van der Waals surface area contributed by atoms with Crippen LogP contribution in [0.4, 0.5) is 0 Å². The van der Waals surface area contributed by atoms with E-state index >= 15 is 0 Å². The molecule has 0 bridgehead atoms. The number of aryl methyl sites for hydroxylation is 1. The molecule has 116 valence electrons. The normalized spacial score (nSPS) is 13.7. The summed E-state index contributed by atoms with van der Waals surface area (Å²) < 4.78 is 34.0. The minimum atomic E-state index is -3.56. The topological polar surface area (TPSA) is 99.2 Å². The van der Waals surface area contributed by atoms with E-state index in [2.05, 4.69) is 9.82 Å². The molecular formula is C12H24N4O3S. The summed E-state index contributed by atoms with van der Waals surface area (Å²) in [6, 6.07) is 0. The Bertz CT molecular complexity index is 539. The van der Waals surface area contributed by atoms with Crippen LogP contribution in [0.5, 0.6) is 0 Å². The van der Waals surface area contributed by atoms with Gasteiger partial charge in [-0.05, 0) is 19.8 Å². The lowest BCUT2D eigenvalue weighted by Gasteiger charge is -2.12. The third kappa shape index (κ3) is 4.02. The minimum absolute atomic E-state index is 0.106. The Morgan fingerprint density at radius 2 is 2.10 bits per heavy atom. The number of hydrogen-bond acceptors (Lipinski definition) is 5. The van der Waals surface area contributed by atoms with Gasteiger partial charge in [0, 0.05) is 26.8 Å². The highest BCUT2D eigenvalue weighted by Gasteiger charge is 2.24. The largest absolute Gasteiger partial charge is 0.384 e. The van der Waals surface area contributed by atoms with E-state index in [-0.39, 0.29) is 10.8 Å². The van der Waals surface area contributed by atoms with Gasteiger partial charge in [0.25, 0.3) is 0 Å². The second-order valence-electron chi connectivity index (χ2n) is 4.92. The van der Waals surface area contributed by atoms with Gasteiger partial charge in [-0.1, -0.05) is 6.92 Å². The molecule has 1 aromatic rings. The second-order valence-corrected chi connectivity index (χ2v) is 6.63. The molecule has 1 aromatic heterocycles. The monoisotopic (exact) mass is 304 g/mol. The van der Waals surface area contributed by atoms with Gasteiger partial charge in [-0.25, -0.2) is 13.1 Å². The van der Waals surface area contributed by atoms with Crippen LogP contribution in [0.25, 0.3) is 0 Å². The highest BCUT2D eigenvalue weighted by atomic mass is 32.2. The summed E-state index contributed by atoms with van der Waals surface area (Å²) in [7, 11) is -1.97. The molecule has 1 rings (SSSR count). The van der Waals surface area contributed by atoms with Crippen LogP contribution in [-0.4, -0.2) is 45.0 Å². The predicted octanol–water partition coefficient (Wildman–Crippen LogP) is 0.0194. The molecule has 8 heteroatoms. The average molecular weight is 304 g/mol. The molecule has 0 amide bonds. The zero-order valence-corrected chi connectivity index (χ0v) is 13.3. The lowest BCUT2D eigenvalue weighted by atomic mass is 10.2. The number of nitrogens with one attached hydrogen (secondary N) is 1. The van der Waals surface area contributed by atoms with Crippen molar-refractivity contribution in [1.82, 2.24) is 14.5 Å². The molecule has 7 nitrogen and oxygen atoms in total. The van der Waals surface area contributed by atoms with Gasteiger partial charge in [0.1, 0.15) is 4.90 Å². The zero-order chi connectivity index (χ0) is 15.3. The summed E-state index contributed by atoms with van der Waals surface area (Å²) >= 11 is 0. The number of hydrogen-bond donors (Lipinski definition) is 2. The molecule has 0 radical (unpaired) electrons. The summed E-state index contributed by atoms with van der Waals surface area (Å²) in [6.45, 7) is 7.10. The fourth-order valence-corrected chi connectivity index (χ4v) is 3.65. The standard InChI is InChI=1S/C12H24N4O3S/c1-9(8-19-4)7-14-20(17,18)12-10(2)15-16(6-5-13)11(12)3/h9,14H,5-8,13H2,1-4H3. The molecule has 20 heavy (non-hydrogen) atoms. The molecule has 0 saturated heterocycles. The van der Waals surface area contributed by atoms with Gasteiger partial charge in [-0.3, -0.25) is 4.68 Å². The van der Waals surface area contributed by atoms with Gasteiger partial charge in [0.2, 0.25) is 10.0 Å². The molecule has 3 N–H and O–H groups in total. The van der Waals surface area contributed by atoms with Gasteiger partial charge < -0.3 is 10.5 Å². The highest BCUT2D eigenvalue weighted by Crippen LogP contribution is 2.19. The number of ether oxygens (including phenoxy) is 1. The molecule has 0 fully saturated rings. The fourth-order valence-electron chi connectivity index (χ4n) is 2.08. The second kappa shape index (κ2) is 7.16. The first-order valence-electron chi connectivity index (χ1n) is 6.56. The fraction of sp³-hybridized carbons (Fsp3) is 0.750. The Labute approximate surface area is 120 Å². The number of methoxy groups -OCH3 is 1. The molecular weight excluding hydrogens is 280 g/mol. The SMILES string of the molecule is COCC(C)CNS(=O)(=O)c1c(C)nn(CCN)c1C. The van der Waals surface area contributed by atoms with Crippen molar-refractivity contribution in [1.29, 1.82) is 0 Å². The summed E-state index contributed by atoms with van der Waals surface area (Å²) in [4.78, 5) is 0.246. The van der Waals surface area contributed by atoms with Crippen LogP contribution >= 0.6 is 0 Å². The van der Waals surface area contributed by atoms with Gasteiger partial charge in [0.15, 0.2) is 0 Å². The number of rotatable bonds is 8. The summed E-state index contributed by atoms with van der Waals surface area (Å²) in [5.74, 6) is 0.106. The van der Waals surface area contributed by atoms with Crippen LogP contribution in [0, 0.1) is 19.8 Å². The Kier molecular flexibility index (Phi) is 6.12. The van der Waals surface area contributed by atoms with Crippen LogP contribution in [0.2, 0.25) is 0 Å². The third-order valence-electron chi connectivity index (χ3n) is 3.00. The molecule has 0 spiro atoms. The predicted molar refractivity (Wildman–Crippen MR) is 77.0 cm³/mol. The summed E-state index contributed by atoms with van der Waals surface area (Å²) in [5.41, 5.74) is 6.59. The van der Waals surface area contributed by atoms with Crippen molar-refractivity contribution < 1.29 is 13.2 Å². The van der Waals surface area contributed by atoms with Gasteiger partial charge >= 0.3 is 0 Å². The van der Waals surface area contributed by atoms with E-state index < -0.39 is 10.0 Å². The van der Waals surface area contributed by atoms with Crippen molar-refractivity contribution in [2.45, 2.75) is 32.2 Å².